The summed E-state index contributed by atoms with van der Waals surface area (Å²) in [6, 6.07) is 22.6. The number of benzene rings is 3. The van der Waals surface area contributed by atoms with Gasteiger partial charge in [0.2, 0.25) is 5.91 Å². The van der Waals surface area contributed by atoms with E-state index >= 15 is 0 Å². The fourth-order valence-electron chi connectivity index (χ4n) is 5.59. The van der Waals surface area contributed by atoms with Crippen molar-refractivity contribution in [3.05, 3.63) is 89.0 Å². The van der Waals surface area contributed by atoms with Gasteiger partial charge >= 0.3 is 6.03 Å². The largest absolute Gasteiger partial charge is 0.497 e. The third-order valence-corrected chi connectivity index (χ3v) is 7.95. The maximum atomic E-state index is 13.0. The van der Waals surface area contributed by atoms with E-state index < -0.39 is 0 Å². The van der Waals surface area contributed by atoms with Crippen LogP contribution in [0.3, 0.4) is 0 Å². The first kappa shape index (κ1) is 24.5. The highest BCUT2D eigenvalue weighted by molar-refractivity contribution is 5.83. The van der Waals surface area contributed by atoms with Gasteiger partial charge in [-0.05, 0) is 64.3 Å². The first-order valence-electron chi connectivity index (χ1n) is 13.3. The number of fused-ring (bicyclic) bond motifs is 1. The van der Waals surface area contributed by atoms with Crippen molar-refractivity contribution in [3.63, 3.8) is 0 Å². The van der Waals surface area contributed by atoms with Crippen LogP contribution in [0, 0.1) is 5.92 Å². The van der Waals surface area contributed by atoms with Gasteiger partial charge in [-0.15, -0.1) is 0 Å². The molecule has 3 amide bonds. The summed E-state index contributed by atoms with van der Waals surface area (Å²) in [5.41, 5.74) is 6.87. The van der Waals surface area contributed by atoms with Crippen molar-refractivity contribution in [1.82, 2.24) is 15.5 Å². The molecule has 0 bridgehead atoms. The molecular formula is C31H33N3O4. The normalized spacial score (nSPS) is 20.2. The molecule has 1 saturated carbocycles. The van der Waals surface area contributed by atoms with Gasteiger partial charge in [0.25, 0.3) is 0 Å². The number of rotatable bonds is 7. The molecule has 196 valence electrons. The van der Waals surface area contributed by atoms with Gasteiger partial charge in [-0.3, -0.25) is 4.79 Å². The summed E-state index contributed by atoms with van der Waals surface area (Å²) >= 11 is 0. The number of carbonyl (C=O) groups excluding carboxylic acids is 2. The molecule has 6 rings (SSSR count). The number of nitrogens with one attached hydrogen (secondary N) is 2. The summed E-state index contributed by atoms with van der Waals surface area (Å²) in [5.74, 6) is 1.23. The smallest absolute Gasteiger partial charge is 0.318 e. The Morgan fingerprint density at radius 3 is 2.63 bits per heavy atom. The highest BCUT2D eigenvalue weighted by Gasteiger charge is 2.43. The Balaban J connectivity index is 1.23. The fraction of sp³-hybridized carbons (Fsp3) is 0.355. The van der Waals surface area contributed by atoms with Crippen molar-refractivity contribution in [2.24, 2.45) is 5.92 Å². The zero-order valence-corrected chi connectivity index (χ0v) is 21.6. The number of nitrogens with zero attached hydrogens (tertiary/aromatic N) is 1. The van der Waals surface area contributed by atoms with E-state index in [-0.39, 0.29) is 23.9 Å². The van der Waals surface area contributed by atoms with Gasteiger partial charge in [0.05, 0.1) is 26.4 Å². The van der Waals surface area contributed by atoms with Gasteiger partial charge in [0, 0.05) is 25.6 Å². The Hall–Kier alpha value is -3.84. The summed E-state index contributed by atoms with van der Waals surface area (Å²) in [5, 5.41) is 6.26. The second-order valence-electron chi connectivity index (χ2n) is 10.4. The first-order valence-corrected chi connectivity index (χ1v) is 13.3. The van der Waals surface area contributed by atoms with E-state index in [1.807, 2.05) is 41.3 Å². The molecule has 0 unspecified atom stereocenters. The van der Waals surface area contributed by atoms with Crippen LogP contribution in [0.4, 0.5) is 4.79 Å². The van der Waals surface area contributed by atoms with Crippen LogP contribution in [0.15, 0.2) is 66.7 Å². The maximum Gasteiger partial charge on any atom is 0.318 e. The topological polar surface area (TPSA) is 79.9 Å². The average molecular weight is 512 g/mol. The lowest BCUT2D eigenvalue weighted by Crippen LogP contribution is -2.53. The lowest BCUT2D eigenvalue weighted by Gasteiger charge is -2.35. The molecule has 3 aromatic carbocycles. The van der Waals surface area contributed by atoms with Crippen LogP contribution in [-0.2, 0) is 29.0 Å². The van der Waals surface area contributed by atoms with Gasteiger partial charge in [0.15, 0.2) is 0 Å². The molecule has 1 saturated heterocycles. The van der Waals surface area contributed by atoms with Crippen LogP contribution in [0.25, 0.3) is 11.1 Å². The van der Waals surface area contributed by atoms with Crippen LogP contribution in [-0.4, -0.2) is 49.7 Å². The Morgan fingerprint density at radius 1 is 1.03 bits per heavy atom. The maximum absolute atomic E-state index is 13.0. The average Bonchev–Trinajstić information content (AvgIpc) is 3.75. The van der Waals surface area contributed by atoms with E-state index in [0.29, 0.717) is 38.8 Å². The lowest BCUT2D eigenvalue weighted by molar-refractivity contribution is -0.122. The molecule has 2 N–H and O–H groups in total. The highest BCUT2D eigenvalue weighted by atomic mass is 16.5. The molecule has 1 aliphatic carbocycles. The van der Waals surface area contributed by atoms with Crippen LogP contribution < -0.4 is 15.4 Å². The lowest BCUT2D eigenvalue weighted by atomic mass is 9.87. The molecule has 38 heavy (non-hydrogen) atoms. The summed E-state index contributed by atoms with van der Waals surface area (Å²) in [4.78, 5) is 27.8. The van der Waals surface area contributed by atoms with Crippen molar-refractivity contribution in [2.75, 3.05) is 26.9 Å². The van der Waals surface area contributed by atoms with Gasteiger partial charge in [-0.2, -0.15) is 0 Å². The van der Waals surface area contributed by atoms with E-state index in [1.54, 1.807) is 7.11 Å². The Morgan fingerprint density at radius 2 is 1.87 bits per heavy atom. The number of hydrogen-bond donors (Lipinski definition) is 2. The minimum atomic E-state index is -0.0607. The molecule has 0 spiro atoms. The number of hydrogen-bond acceptors (Lipinski definition) is 4. The van der Waals surface area contributed by atoms with Crippen molar-refractivity contribution in [1.29, 1.82) is 0 Å². The van der Waals surface area contributed by atoms with Gasteiger partial charge in [-0.1, -0.05) is 54.6 Å². The molecule has 7 heteroatoms. The molecule has 2 atom stereocenters. The molecule has 2 fully saturated rings. The van der Waals surface area contributed by atoms with Gasteiger partial charge in [0.1, 0.15) is 5.75 Å². The summed E-state index contributed by atoms with van der Waals surface area (Å²) in [7, 11) is 1.67. The van der Waals surface area contributed by atoms with E-state index in [9.17, 15) is 9.59 Å². The van der Waals surface area contributed by atoms with E-state index in [4.69, 9.17) is 9.47 Å². The predicted molar refractivity (Wildman–Crippen MR) is 145 cm³/mol. The molecule has 2 heterocycles. The molecule has 0 radical (unpaired) electrons. The summed E-state index contributed by atoms with van der Waals surface area (Å²) in [6.45, 7) is 2.73. The third-order valence-electron chi connectivity index (χ3n) is 7.95. The first-order chi connectivity index (χ1) is 18.6. The van der Waals surface area contributed by atoms with Crippen molar-refractivity contribution in [3.8, 4) is 16.9 Å². The van der Waals surface area contributed by atoms with Crippen LogP contribution in [0.2, 0.25) is 0 Å². The number of carbonyl (C=O) groups is 2. The second kappa shape index (κ2) is 10.5. The van der Waals surface area contributed by atoms with Crippen LogP contribution in [0.5, 0.6) is 5.75 Å². The third kappa shape index (κ3) is 4.98. The van der Waals surface area contributed by atoms with Gasteiger partial charge < -0.3 is 25.0 Å². The van der Waals surface area contributed by atoms with Crippen LogP contribution >= 0.6 is 0 Å². The predicted octanol–water partition coefficient (Wildman–Crippen LogP) is 4.25. The number of amides is 3. The Bertz CT molecular complexity index is 1340. The summed E-state index contributed by atoms with van der Waals surface area (Å²) in [6.07, 6.45) is 1.64. The number of methoxy groups -OCH3 is 1. The standard InChI is InChI=1S/C31H33N3O4/c1-37-24-9-5-8-21(14-24)25-11-10-22(16-32-30(35)28-15-27(28)20-6-3-2-4-7-20)29-17-34(13-12-26(25)29)31(36)33-23-18-38-19-23/h2-11,14,23,27-28H,12-13,15-19H2,1H3,(H,32,35)(H,33,36)/t27-,28+/m1/s1. The summed E-state index contributed by atoms with van der Waals surface area (Å²) < 4.78 is 10.7. The minimum Gasteiger partial charge on any atom is -0.497 e. The molecular weight excluding hydrogens is 478 g/mol. The van der Waals surface area contributed by atoms with E-state index in [2.05, 4.69) is 41.0 Å². The zero-order chi connectivity index (χ0) is 26.1. The second-order valence-corrected chi connectivity index (χ2v) is 10.4. The quantitative estimate of drug-likeness (QED) is 0.497. The molecule has 0 aromatic heterocycles. The number of urea groups is 1. The zero-order valence-electron chi connectivity index (χ0n) is 21.6. The SMILES string of the molecule is COc1cccc(-c2ccc(CNC(=O)[C@H]3C[C@@H]3c3ccccc3)c3c2CCN(C(=O)NC2COC2)C3)c1. The Labute approximate surface area is 223 Å². The van der Waals surface area contributed by atoms with Crippen molar-refractivity contribution < 1.29 is 19.1 Å². The van der Waals surface area contributed by atoms with E-state index in [1.165, 1.54) is 11.1 Å². The van der Waals surface area contributed by atoms with Crippen LogP contribution in [0.1, 0.15) is 34.6 Å². The molecule has 7 nitrogen and oxygen atoms in total. The van der Waals surface area contributed by atoms with Gasteiger partial charge in [-0.25, -0.2) is 4.79 Å². The van der Waals surface area contributed by atoms with E-state index in [0.717, 1.165) is 40.8 Å². The Kier molecular flexibility index (Phi) is 6.77. The monoisotopic (exact) mass is 511 g/mol. The number of ether oxygens (including phenoxy) is 2. The minimum absolute atomic E-state index is 0.0243. The fourth-order valence-corrected chi connectivity index (χ4v) is 5.59. The molecule has 3 aromatic rings. The molecule has 2 aliphatic heterocycles. The van der Waals surface area contributed by atoms with Crippen molar-refractivity contribution in [2.45, 2.75) is 37.9 Å². The van der Waals surface area contributed by atoms with Crippen molar-refractivity contribution >= 4 is 11.9 Å². The molecule has 3 aliphatic rings. The highest BCUT2D eigenvalue weighted by Crippen LogP contribution is 2.47.